The number of carbonyl (C=O) groups is 2. The van der Waals surface area contributed by atoms with Crippen LogP contribution in [0.5, 0.6) is 0 Å². The molecule has 8 nitrogen and oxygen atoms in total. The lowest BCUT2D eigenvalue weighted by molar-refractivity contribution is 0.00624. The lowest BCUT2D eigenvalue weighted by Crippen LogP contribution is -2.51. The number of esters is 1. The Balaban J connectivity index is 1.99. The van der Waals surface area contributed by atoms with Gasteiger partial charge >= 0.3 is 12.1 Å². The van der Waals surface area contributed by atoms with Gasteiger partial charge in [-0.1, -0.05) is 44.0 Å². The summed E-state index contributed by atoms with van der Waals surface area (Å²) in [4.78, 5) is 32.3. The van der Waals surface area contributed by atoms with Crippen molar-refractivity contribution in [3.63, 3.8) is 0 Å². The molecule has 1 aliphatic heterocycles. The molecule has 1 amide bonds. The summed E-state index contributed by atoms with van der Waals surface area (Å²) in [5.74, 6) is -1.38. The Hall–Kier alpha value is -1.66. The predicted molar refractivity (Wildman–Crippen MR) is 177 cm³/mol. The number of halogens is 4. The van der Waals surface area contributed by atoms with Crippen molar-refractivity contribution >= 4 is 76.1 Å². The Morgan fingerprint density at radius 3 is 2.44 bits per heavy atom. The number of anilines is 1. The van der Waals surface area contributed by atoms with Gasteiger partial charge in [0.1, 0.15) is 21.8 Å². The van der Waals surface area contributed by atoms with Crippen LogP contribution >= 0.6 is 39.1 Å². The molecule has 3 rings (SSSR count). The van der Waals surface area contributed by atoms with E-state index in [0.717, 1.165) is 0 Å². The van der Waals surface area contributed by atoms with Crippen molar-refractivity contribution in [1.82, 2.24) is 9.88 Å². The second kappa shape index (κ2) is 13.8. The molecule has 0 unspecified atom stereocenters. The lowest BCUT2D eigenvalue weighted by Gasteiger charge is -2.42. The first kappa shape index (κ1) is 35.8. The highest BCUT2D eigenvalue weighted by Gasteiger charge is 2.39. The Labute approximate surface area is 273 Å². The van der Waals surface area contributed by atoms with E-state index in [1.165, 1.54) is 0 Å². The molecular formula is C30H43BrCl2FN3O5Si. The number of pyridine rings is 1. The maximum Gasteiger partial charge on any atom is 0.410 e. The van der Waals surface area contributed by atoms with Crippen LogP contribution in [0.3, 0.4) is 0 Å². The molecule has 1 aromatic heterocycles. The molecule has 0 aliphatic carbocycles. The monoisotopic (exact) mass is 721 g/mol. The molecule has 43 heavy (non-hydrogen) atoms. The minimum Gasteiger partial charge on any atom is -0.462 e. The second-order valence-corrected chi connectivity index (χ2v) is 19.7. The highest BCUT2D eigenvalue weighted by molar-refractivity contribution is 9.10. The number of hydrogen-bond acceptors (Lipinski definition) is 7. The lowest BCUT2D eigenvalue weighted by atomic mass is 9.94. The van der Waals surface area contributed by atoms with Crippen LogP contribution in [0.2, 0.25) is 28.3 Å². The minimum absolute atomic E-state index is 0.00110. The van der Waals surface area contributed by atoms with Gasteiger partial charge in [0.2, 0.25) is 0 Å². The van der Waals surface area contributed by atoms with Crippen molar-refractivity contribution in [2.75, 3.05) is 25.1 Å². The third kappa shape index (κ3) is 8.54. The summed E-state index contributed by atoms with van der Waals surface area (Å²) in [6.45, 7) is 19.2. The standard InChI is InChI=1S/C30H43BrCl2FN3O5Si/c1-10-40-27(38)21-24(19-16-20(32)22(31)23(34)25(19)36-26(21)33)35-17-11-13-37(28(39)42-29(2,3)4)18(15-17)12-14-41-43(8,9)30(5,6)7/h16-18H,10-15H2,1-9H3,(H,35,36)/t17-,18+/m0/s1. The number of benzene rings is 1. The zero-order chi connectivity index (χ0) is 32.5. The van der Waals surface area contributed by atoms with Gasteiger partial charge in [-0.05, 0) is 87.1 Å². The Bertz CT molecular complexity index is 1370. The molecule has 0 bridgehead atoms. The van der Waals surface area contributed by atoms with E-state index in [0.29, 0.717) is 37.8 Å². The third-order valence-corrected chi connectivity index (χ3v) is 14.1. The van der Waals surface area contributed by atoms with E-state index in [2.05, 4.69) is 60.1 Å². The molecular weight excluding hydrogens is 680 g/mol. The van der Waals surface area contributed by atoms with Crippen LogP contribution in [-0.4, -0.2) is 67.7 Å². The molecule has 0 saturated carbocycles. The zero-order valence-electron chi connectivity index (χ0n) is 26.4. The summed E-state index contributed by atoms with van der Waals surface area (Å²) in [7, 11) is -2.01. The van der Waals surface area contributed by atoms with E-state index in [1.807, 2.05) is 20.8 Å². The molecule has 1 fully saturated rings. The largest absolute Gasteiger partial charge is 0.462 e. The van der Waals surface area contributed by atoms with E-state index >= 15 is 4.39 Å². The molecule has 2 aromatic rings. The topological polar surface area (TPSA) is 90.0 Å². The van der Waals surface area contributed by atoms with Gasteiger partial charge in [-0.15, -0.1) is 0 Å². The first-order valence-electron chi connectivity index (χ1n) is 14.5. The molecule has 0 spiro atoms. The number of amides is 1. The van der Waals surface area contributed by atoms with E-state index in [4.69, 9.17) is 37.1 Å². The van der Waals surface area contributed by atoms with Crippen LogP contribution in [0.4, 0.5) is 14.9 Å². The summed E-state index contributed by atoms with van der Waals surface area (Å²) in [6, 6.07) is 1.12. The van der Waals surface area contributed by atoms with Gasteiger partial charge in [0, 0.05) is 30.6 Å². The molecule has 1 aromatic carbocycles. The molecule has 2 heterocycles. The van der Waals surface area contributed by atoms with Crippen LogP contribution in [-0.2, 0) is 13.9 Å². The first-order chi connectivity index (χ1) is 19.8. The normalized spacial score (nSPS) is 18.1. The van der Waals surface area contributed by atoms with Crippen LogP contribution in [0.1, 0.15) is 78.1 Å². The number of aromatic nitrogens is 1. The molecule has 1 N–H and O–H groups in total. The smallest absolute Gasteiger partial charge is 0.410 e. The molecule has 240 valence electrons. The van der Waals surface area contributed by atoms with Crippen molar-refractivity contribution in [2.45, 2.75) is 104 Å². The van der Waals surface area contributed by atoms with Crippen molar-refractivity contribution < 1.29 is 27.9 Å². The summed E-state index contributed by atoms with van der Waals surface area (Å²) in [5, 5.41) is 3.71. The number of ether oxygens (including phenoxy) is 2. The van der Waals surface area contributed by atoms with Crippen molar-refractivity contribution in [3.8, 4) is 0 Å². The molecule has 0 radical (unpaired) electrons. The van der Waals surface area contributed by atoms with Gasteiger partial charge in [0.25, 0.3) is 0 Å². The van der Waals surface area contributed by atoms with Gasteiger partial charge in [-0.25, -0.2) is 19.0 Å². The molecule has 1 aliphatic rings. The van der Waals surface area contributed by atoms with Gasteiger partial charge in [0.05, 0.1) is 21.8 Å². The van der Waals surface area contributed by atoms with Crippen LogP contribution in [0, 0.1) is 5.82 Å². The van der Waals surface area contributed by atoms with Crippen LogP contribution in [0.25, 0.3) is 10.9 Å². The van der Waals surface area contributed by atoms with Gasteiger partial charge in [0.15, 0.2) is 14.1 Å². The number of rotatable bonds is 8. The number of nitrogens with zero attached hydrogens (tertiary/aromatic N) is 2. The number of carbonyl (C=O) groups excluding carboxylic acids is 2. The van der Waals surface area contributed by atoms with E-state index in [1.54, 1.807) is 17.9 Å². The van der Waals surface area contributed by atoms with Gasteiger partial charge in [-0.3, -0.25) is 0 Å². The SMILES string of the molecule is CCOC(=O)c1c(Cl)nc2c(F)c(Br)c(Cl)cc2c1N[C@H]1CCN(C(=O)OC(C)(C)C)[C@H](CCO[Si](C)(C)C(C)(C)C)C1. The maximum atomic E-state index is 15.3. The second-order valence-electron chi connectivity index (χ2n) is 13.3. The molecule has 1 saturated heterocycles. The predicted octanol–water partition coefficient (Wildman–Crippen LogP) is 9.21. The van der Waals surface area contributed by atoms with Crippen LogP contribution in [0.15, 0.2) is 10.5 Å². The Kier molecular flexibility index (Phi) is 11.5. The summed E-state index contributed by atoms with van der Waals surface area (Å²) in [6.07, 6.45) is 1.28. The third-order valence-electron chi connectivity index (χ3n) is 7.96. The zero-order valence-corrected chi connectivity index (χ0v) is 30.5. The average molecular weight is 724 g/mol. The Morgan fingerprint density at radius 2 is 1.86 bits per heavy atom. The van der Waals surface area contributed by atoms with E-state index in [9.17, 15) is 9.59 Å². The fourth-order valence-corrected chi connectivity index (χ4v) is 6.52. The Morgan fingerprint density at radius 1 is 1.21 bits per heavy atom. The quantitative estimate of drug-likeness (QED) is 0.126. The van der Waals surface area contributed by atoms with Gasteiger partial charge < -0.3 is 24.1 Å². The molecule has 13 heteroatoms. The van der Waals surface area contributed by atoms with Crippen molar-refractivity contribution in [1.29, 1.82) is 0 Å². The number of hydrogen-bond donors (Lipinski definition) is 1. The summed E-state index contributed by atoms with van der Waals surface area (Å²) < 4.78 is 32.8. The van der Waals surface area contributed by atoms with Crippen molar-refractivity contribution in [3.05, 3.63) is 32.1 Å². The summed E-state index contributed by atoms with van der Waals surface area (Å²) >= 11 is 16.0. The summed E-state index contributed by atoms with van der Waals surface area (Å²) in [5.41, 5.74) is -0.398. The fourth-order valence-electron chi connectivity index (χ4n) is 4.70. The number of likely N-dealkylation sites (tertiary alicyclic amines) is 1. The average Bonchev–Trinajstić information content (AvgIpc) is 2.86. The van der Waals surface area contributed by atoms with Gasteiger partial charge in [-0.2, -0.15) is 0 Å². The number of fused-ring (bicyclic) bond motifs is 1. The highest BCUT2D eigenvalue weighted by atomic mass is 79.9. The number of nitrogens with one attached hydrogen (secondary N) is 1. The fraction of sp³-hybridized carbons (Fsp3) is 0.633. The number of piperidine rings is 1. The minimum atomic E-state index is -2.01. The first-order valence-corrected chi connectivity index (χ1v) is 19.0. The highest BCUT2D eigenvalue weighted by Crippen LogP contribution is 2.40. The van der Waals surface area contributed by atoms with Crippen LogP contribution < -0.4 is 5.32 Å². The maximum absolute atomic E-state index is 15.3. The van der Waals surface area contributed by atoms with E-state index < -0.39 is 25.7 Å². The van der Waals surface area contributed by atoms with Crippen molar-refractivity contribution in [2.24, 2.45) is 0 Å². The molecule has 2 atom stereocenters. The van der Waals surface area contributed by atoms with E-state index in [-0.39, 0.29) is 61.2 Å².